The molecular weight excluding hydrogens is 347 g/mol. The summed E-state index contributed by atoms with van der Waals surface area (Å²) in [6.07, 6.45) is 3.02. The van der Waals surface area contributed by atoms with Gasteiger partial charge in [-0.2, -0.15) is 0 Å². The smallest absolute Gasteiger partial charge is 0.308 e. The molecule has 1 aliphatic rings. The highest BCUT2D eigenvalue weighted by Crippen LogP contribution is 2.34. The van der Waals surface area contributed by atoms with Crippen LogP contribution < -0.4 is 4.90 Å². The number of hydrogen-bond acceptors (Lipinski definition) is 4. The second kappa shape index (κ2) is 6.64. The van der Waals surface area contributed by atoms with Gasteiger partial charge >= 0.3 is 5.97 Å². The summed E-state index contributed by atoms with van der Waals surface area (Å²) in [5.41, 5.74) is 3.63. The van der Waals surface area contributed by atoms with Gasteiger partial charge < -0.3 is 10.0 Å². The summed E-state index contributed by atoms with van der Waals surface area (Å²) in [4.78, 5) is 22.5. The zero-order valence-corrected chi connectivity index (χ0v) is 15.3. The minimum atomic E-state index is -0.762. The molecule has 0 saturated carbocycles. The normalized spacial score (nSPS) is 17.4. The predicted molar refractivity (Wildman–Crippen MR) is 101 cm³/mol. The lowest BCUT2D eigenvalue weighted by Gasteiger charge is -2.32. The van der Waals surface area contributed by atoms with E-state index in [0.717, 1.165) is 46.8 Å². The predicted octanol–water partition coefficient (Wildman–Crippen LogP) is 3.48. The van der Waals surface area contributed by atoms with Crippen molar-refractivity contribution in [3.05, 3.63) is 47.7 Å². The SMILES string of the molecule is Cc1c(C)n(-c2ccc(F)cc2)c2ncnc(N3CCCC(C(=O)O)C3)c12. The zero-order chi connectivity index (χ0) is 19.1. The maximum absolute atomic E-state index is 13.3. The Hall–Kier alpha value is -2.96. The van der Waals surface area contributed by atoms with Crippen molar-refractivity contribution in [1.29, 1.82) is 0 Å². The number of hydrogen-bond donors (Lipinski definition) is 1. The van der Waals surface area contributed by atoms with E-state index in [2.05, 4.69) is 9.97 Å². The lowest BCUT2D eigenvalue weighted by atomic mass is 9.98. The van der Waals surface area contributed by atoms with Crippen molar-refractivity contribution in [1.82, 2.24) is 14.5 Å². The number of aryl methyl sites for hydroxylation is 1. The van der Waals surface area contributed by atoms with Crippen molar-refractivity contribution in [3.8, 4) is 5.69 Å². The molecule has 1 aliphatic heterocycles. The van der Waals surface area contributed by atoms with Crippen molar-refractivity contribution in [2.75, 3.05) is 18.0 Å². The molecule has 3 heterocycles. The second-order valence-electron chi connectivity index (χ2n) is 7.04. The molecule has 4 rings (SSSR count). The van der Waals surface area contributed by atoms with Gasteiger partial charge in [0, 0.05) is 24.5 Å². The maximum atomic E-state index is 13.3. The molecule has 1 atom stereocenters. The first-order valence-electron chi connectivity index (χ1n) is 9.03. The van der Waals surface area contributed by atoms with E-state index in [1.165, 1.54) is 18.5 Å². The van der Waals surface area contributed by atoms with Crippen LogP contribution in [0.2, 0.25) is 0 Å². The monoisotopic (exact) mass is 368 g/mol. The molecule has 0 aliphatic carbocycles. The molecule has 3 aromatic rings. The van der Waals surface area contributed by atoms with Crippen LogP contribution in [0.4, 0.5) is 10.2 Å². The first-order valence-corrected chi connectivity index (χ1v) is 9.03. The summed E-state index contributed by atoms with van der Waals surface area (Å²) in [6.45, 7) is 5.24. The van der Waals surface area contributed by atoms with Crippen LogP contribution in [0, 0.1) is 25.6 Å². The minimum Gasteiger partial charge on any atom is -0.481 e. The molecule has 2 aromatic heterocycles. The average Bonchev–Trinajstić information content (AvgIpc) is 2.93. The topological polar surface area (TPSA) is 71.2 Å². The Morgan fingerprint density at radius 3 is 2.67 bits per heavy atom. The number of carbonyl (C=O) groups is 1. The van der Waals surface area contributed by atoms with Gasteiger partial charge in [0.05, 0.1) is 11.3 Å². The van der Waals surface area contributed by atoms with Gasteiger partial charge in [0.2, 0.25) is 0 Å². The molecule has 0 bridgehead atoms. The number of aromatic nitrogens is 3. The number of piperidine rings is 1. The average molecular weight is 368 g/mol. The molecule has 1 saturated heterocycles. The summed E-state index contributed by atoms with van der Waals surface area (Å²) in [7, 11) is 0. The van der Waals surface area contributed by atoms with E-state index in [1.54, 1.807) is 12.1 Å². The Bertz CT molecular complexity index is 1010. The zero-order valence-electron chi connectivity index (χ0n) is 15.3. The quantitative estimate of drug-likeness (QED) is 0.766. The van der Waals surface area contributed by atoms with Crippen LogP contribution in [-0.4, -0.2) is 38.7 Å². The molecule has 140 valence electrons. The number of rotatable bonds is 3. The van der Waals surface area contributed by atoms with Crippen molar-refractivity contribution < 1.29 is 14.3 Å². The molecule has 27 heavy (non-hydrogen) atoms. The first kappa shape index (κ1) is 17.5. The summed E-state index contributed by atoms with van der Waals surface area (Å²) in [5.74, 6) is -0.661. The van der Waals surface area contributed by atoms with E-state index in [-0.39, 0.29) is 11.7 Å². The molecule has 1 N–H and O–H groups in total. The number of benzene rings is 1. The lowest BCUT2D eigenvalue weighted by Crippen LogP contribution is -2.39. The standard InChI is InChI=1S/C20H21FN4O2/c1-12-13(2)25(16-7-5-15(21)6-8-16)19-17(12)18(22-11-23-19)24-9-3-4-14(10-24)20(26)27/h5-8,11,14H,3-4,9-10H2,1-2H3,(H,26,27). The van der Waals surface area contributed by atoms with Gasteiger partial charge in [-0.25, -0.2) is 14.4 Å². The summed E-state index contributed by atoms with van der Waals surface area (Å²) >= 11 is 0. The van der Waals surface area contributed by atoms with Gasteiger partial charge in [0.1, 0.15) is 18.0 Å². The van der Waals surface area contributed by atoms with Gasteiger partial charge in [-0.1, -0.05) is 0 Å². The van der Waals surface area contributed by atoms with E-state index in [0.29, 0.717) is 13.0 Å². The maximum Gasteiger partial charge on any atom is 0.308 e. The van der Waals surface area contributed by atoms with E-state index < -0.39 is 5.97 Å². The Balaban J connectivity index is 1.86. The molecular formula is C20H21FN4O2. The van der Waals surface area contributed by atoms with E-state index >= 15 is 0 Å². The van der Waals surface area contributed by atoms with Gasteiger partial charge in [-0.3, -0.25) is 9.36 Å². The van der Waals surface area contributed by atoms with Gasteiger partial charge in [-0.05, 0) is 56.5 Å². The molecule has 1 unspecified atom stereocenters. The fourth-order valence-corrected chi connectivity index (χ4v) is 3.90. The molecule has 1 fully saturated rings. The number of nitrogens with zero attached hydrogens (tertiary/aromatic N) is 4. The number of carboxylic acids is 1. The van der Waals surface area contributed by atoms with Gasteiger partial charge in [0.25, 0.3) is 0 Å². The van der Waals surface area contributed by atoms with Crippen LogP contribution in [0.5, 0.6) is 0 Å². The van der Waals surface area contributed by atoms with Crippen LogP contribution in [0.1, 0.15) is 24.1 Å². The van der Waals surface area contributed by atoms with E-state index in [1.807, 2.05) is 23.3 Å². The van der Waals surface area contributed by atoms with Crippen LogP contribution >= 0.6 is 0 Å². The molecule has 7 heteroatoms. The largest absolute Gasteiger partial charge is 0.481 e. The van der Waals surface area contributed by atoms with E-state index in [4.69, 9.17) is 0 Å². The van der Waals surface area contributed by atoms with Crippen molar-refractivity contribution in [3.63, 3.8) is 0 Å². The third-order valence-corrected chi connectivity index (χ3v) is 5.43. The molecule has 6 nitrogen and oxygen atoms in total. The first-order chi connectivity index (χ1) is 13.0. The number of anilines is 1. The highest BCUT2D eigenvalue weighted by Gasteiger charge is 2.28. The van der Waals surface area contributed by atoms with Crippen LogP contribution in [-0.2, 0) is 4.79 Å². The summed E-state index contributed by atoms with van der Waals surface area (Å²) < 4.78 is 15.3. The third-order valence-electron chi connectivity index (χ3n) is 5.43. The van der Waals surface area contributed by atoms with Gasteiger partial charge in [0.15, 0.2) is 5.65 Å². The summed E-state index contributed by atoms with van der Waals surface area (Å²) in [5, 5.41) is 10.3. The van der Waals surface area contributed by atoms with Crippen LogP contribution in [0.25, 0.3) is 16.7 Å². The Kier molecular flexibility index (Phi) is 4.30. The highest BCUT2D eigenvalue weighted by atomic mass is 19.1. The molecule has 0 spiro atoms. The molecule has 0 amide bonds. The fraction of sp³-hybridized carbons (Fsp3) is 0.350. The van der Waals surface area contributed by atoms with Crippen molar-refractivity contribution in [2.45, 2.75) is 26.7 Å². The second-order valence-corrected chi connectivity index (χ2v) is 7.04. The fourth-order valence-electron chi connectivity index (χ4n) is 3.90. The summed E-state index contributed by atoms with van der Waals surface area (Å²) in [6, 6.07) is 6.31. The van der Waals surface area contributed by atoms with Crippen molar-refractivity contribution in [2.24, 2.45) is 5.92 Å². The minimum absolute atomic E-state index is 0.284. The number of halogens is 1. The Morgan fingerprint density at radius 1 is 1.22 bits per heavy atom. The Morgan fingerprint density at radius 2 is 1.96 bits per heavy atom. The lowest BCUT2D eigenvalue weighted by molar-refractivity contribution is -0.141. The highest BCUT2D eigenvalue weighted by molar-refractivity contribution is 5.93. The van der Waals surface area contributed by atoms with Gasteiger partial charge in [-0.15, -0.1) is 0 Å². The molecule has 1 aromatic carbocycles. The molecule has 0 radical (unpaired) electrons. The Labute approximate surface area is 156 Å². The number of carboxylic acid groups (broad SMARTS) is 1. The van der Waals surface area contributed by atoms with E-state index in [9.17, 15) is 14.3 Å². The van der Waals surface area contributed by atoms with Crippen LogP contribution in [0.15, 0.2) is 30.6 Å². The van der Waals surface area contributed by atoms with Crippen molar-refractivity contribution >= 4 is 22.8 Å². The number of aliphatic carboxylic acids is 1. The third kappa shape index (κ3) is 2.93. The van der Waals surface area contributed by atoms with Crippen LogP contribution in [0.3, 0.4) is 0 Å². The number of fused-ring (bicyclic) bond motifs is 1.